The molecule has 0 bridgehead atoms. The third-order valence-corrected chi connectivity index (χ3v) is 2.34. The van der Waals surface area contributed by atoms with Crippen LogP contribution in [0, 0.1) is 0 Å². The number of benzene rings is 1. The Hall–Kier alpha value is -1.97. The number of nitrogens with two attached hydrogens (primary N) is 1. The molecule has 1 aromatic carbocycles. The fourth-order valence-electron chi connectivity index (χ4n) is 1.75. The van der Waals surface area contributed by atoms with Crippen LogP contribution in [0.15, 0.2) is 30.3 Å². The fourth-order valence-corrected chi connectivity index (χ4v) is 1.75. The van der Waals surface area contributed by atoms with Gasteiger partial charge < -0.3 is 10.7 Å². The van der Waals surface area contributed by atoms with Crippen molar-refractivity contribution in [2.45, 2.75) is 0 Å². The first-order valence-electron chi connectivity index (χ1n) is 4.69. The number of fused-ring (bicyclic) bond motifs is 1. The summed E-state index contributed by atoms with van der Waals surface area (Å²) in [6.07, 6.45) is 0. The average Bonchev–Trinajstić information content (AvgIpc) is 2.56. The number of para-hydroxylation sites is 1. The van der Waals surface area contributed by atoms with Gasteiger partial charge in [-0.15, -0.1) is 0 Å². The SMILES string of the molecule is CN(C)n1c(C(N)=O)cc2ccccc21. The third-order valence-electron chi connectivity index (χ3n) is 2.34. The summed E-state index contributed by atoms with van der Waals surface area (Å²) in [5, 5.41) is 2.85. The Balaban J connectivity index is 2.80. The Morgan fingerprint density at radius 2 is 2.00 bits per heavy atom. The minimum atomic E-state index is -0.417. The molecule has 0 fully saturated rings. The van der Waals surface area contributed by atoms with E-state index in [1.807, 2.05) is 43.4 Å². The summed E-state index contributed by atoms with van der Waals surface area (Å²) in [7, 11) is 3.75. The maximum atomic E-state index is 11.3. The topological polar surface area (TPSA) is 51.3 Å². The molecule has 0 saturated carbocycles. The number of carbonyl (C=O) groups excluding carboxylic acids is 1. The van der Waals surface area contributed by atoms with Gasteiger partial charge in [0.05, 0.1) is 5.52 Å². The molecule has 0 unspecified atom stereocenters. The number of aromatic nitrogens is 1. The van der Waals surface area contributed by atoms with Gasteiger partial charge in [-0.1, -0.05) is 18.2 Å². The maximum Gasteiger partial charge on any atom is 0.267 e. The van der Waals surface area contributed by atoms with Crippen molar-refractivity contribution in [2.24, 2.45) is 5.73 Å². The van der Waals surface area contributed by atoms with Gasteiger partial charge in [-0.3, -0.25) is 9.47 Å². The van der Waals surface area contributed by atoms with E-state index < -0.39 is 5.91 Å². The van der Waals surface area contributed by atoms with Gasteiger partial charge in [0.15, 0.2) is 0 Å². The van der Waals surface area contributed by atoms with E-state index in [4.69, 9.17) is 5.73 Å². The van der Waals surface area contributed by atoms with Crippen LogP contribution in [-0.2, 0) is 0 Å². The molecule has 1 heterocycles. The Kier molecular flexibility index (Phi) is 2.11. The fraction of sp³-hybridized carbons (Fsp3) is 0.182. The molecule has 2 rings (SSSR count). The highest BCUT2D eigenvalue weighted by Gasteiger charge is 2.13. The summed E-state index contributed by atoms with van der Waals surface area (Å²) in [6, 6.07) is 9.60. The van der Waals surface area contributed by atoms with Crippen molar-refractivity contribution in [3.05, 3.63) is 36.0 Å². The summed E-state index contributed by atoms with van der Waals surface area (Å²) in [4.78, 5) is 11.3. The number of hydrogen-bond donors (Lipinski definition) is 1. The molecule has 2 N–H and O–H groups in total. The first-order valence-corrected chi connectivity index (χ1v) is 4.69. The average molecular weight is 203 g/mol. The zero-order chi connectivity index (χ0) is 11.0. The van der Waals surface area contributed by atoms with E-state index in [9.17, 15) is 4.79 Å². The van der Waals surface area contributed by atoms with E-state index in [1.165, 1.54) is 0 Å². The van der Waals surface area contributed by atoms with Crippen LogP contribution in [0.5, 0.6) is 0 Å². The molecule has 4 nitrogen and oxygen atoms in total. The van der Waals surface area contributed by atoms with Crippen molar-refractivity contribution >= 4 is 16.8 Å². The number of primary amides is 1. The van der Waals surface area contributed by atoms with Crippen LogP contribution in [0.3, 0.4) is 0 Å². The first kappa shape index (κ1) is 9.58. The zero-order valence-corrected chi connectivity index (χ0v) is 8.77. The lowest BCUT2D eigenvalue weighted by Gasteiger charge is -2.18. The Bertz CT molecular complexity index is 514. The molecule has 0 radical (unpaired) electrons. The normalized spacial score (nSPS) is 10.5. The van der Waals surface area contributed by atoms with Gasteiger partial charge in [-0.2, -0.15) is 0 Å². The summed E-state index contributed by atoms with van der Waals surface area (Å²) in [5.74, 6) is -0.417. The minimum Gasteiger partial charge on any atom is -0.364 e. The molecule has 1 amide bonds. The van der Waals surface area contributed by atoms with Crippen molar-refractivity contribution in [1.29, 1.82) is 0 Å². The minimum absolute atomic E-state index is 0.417. The second kappa shape index (κ2) is 3.31. The highest BCUT2D eigenvalue weighted by Crippen LogP contribution is 2.18. The molecule has 0 atom stereocenters. The summed E-state index contributed by atoms with van der Waals surface area (Å²) in [5.41, 5.74) is 6.81. The molecule has 0 aliphatic carbocycles. The number of nitrogens with zero attached hydrogens (tertiary/aromatic N) is 2. The van der Waals surface area contributed by atoms with Crippen LogP contribution in [0.4, 0.5) is 0 Å². The third kappa shape index (κ3) is 1.44. The van der Waals surface area contributed by atoms with Gasteiger partial charge in [0.1, 0.15) is 5.69 Å². The van der Waals surface area contributed by atoms with E-state index in [1.54, 1.807) is 10.7 Å². The van der Waals surface area contributed by atoms with Gasteiger partial charge in [-0.05, 0) is 12.1 Å². The molecule has 2 aromatic rings. The van der Waals surface area contributed by atoms with Crippen molar-refractivity contribution in [3.63, 3.8) is 0 Å². The van der Waals surface area contributed by atoms with E-state index in [-0.39, 0.29) is 0 Å². The van der Waals surface area contributed by atoms with Crippen LogP contribution >= 0.6 is 0 Å². The second-order valence-electron chi connectivity index (χ2n) is 3.61. The van der Waals surface area contributed by atoms with Gasteiger partial charge in [0.25, 0.3) is 5.91 Å². The molecule has 0 aliphatic heterocycles. The van der Waals surface area contributed by atoms with Crippen LogP contribution in [0.25, 0.3) is 10.9 Å². The molecular formula is C11H13N3O. The lowest BCUT2D eigenvalue weighted by atomic mass is 10.2. The van der Waals surface area contributed by atoms with Crippen molar-refractivity contribution < 1.29 is 4.79 Å². The summed E-state index contributed by atoms with van der Waals surface area (Å²) < 4.78 is 1.80. The molecule has 0 aliphatic rings. The zero-order valence-electron chi connectivity index (χ0n) is 8.77. The quantitative estimate of drug-likeness (QED) is 0.789. The van der Waals surface area contributed by atoms with Crippen LogP contribution in [0.2, 0.25) is 0 Å². The Morgan fingerprint density at radius 1 is 1.33 bits per heavy atom. The van der Waals surface area contributed by atoms with Gasteiger partial charge in [0.2, 0.25) is 0 Å². The predicted molar refractivity (Wildman–Crippen MR) is 60.5 cm³/mol. The van der Waals surface area contributed by atoms with Crippen LogP contribution < -0.4 is 10.7 Å². The van der Waals surface area contributed by atoms with Gasteiger partial charge in [-0.25, -0.2) is 0 Å². The number of rotatable bonds is 2. The Morgan fingerprint density at radius 3 is 2.60 bits per heavy atom. The maximum absolute atomic E-state index is 11.3. The standard InChI is InChI=1S/C11H13N3O/c1-13(2)14-9-6-4-3-5-8(9)7-10(14)11(12)15/h3-7H,1-2H3,(H2,12,15). The molecule has 0 saturated heterocycles. The highest BCUT2D eigenvalue weighted by molar-refractivity contribution is 5.98. The Labute approximate surface area is 87.9 Å². The van der Waals surface area contributed by atoms with E-state index in [0.717, 1.165) is 10.9 Å². The molecule has 78 valence electrons. The monoisotopic (exact) mass is 203 g/mol. The number of hydrogen-bond acceptors (Lipinski definition) is 2. The van der Waals surface area contributed by atoms with E-state index in [0.29, 0.717) is 5.69 Å². The molecule has 1 aromatic heterocycles. The lowest BCUT2D eigenvalue weighted by Crippen LogP contribution is -2.30. The first-order chi connectivity index (χ1) is 7.11. The molecule has 4 heteroatoms. The van der Waals surface area contributed by atoms with Crippen molar-refractivity contribution in [2.75, 3.05) is 19.1 Å². The highest BCUT2D eigenvalue weighted by atomic mass is 16.1. The van der Waals surface area contributed by atoms with Crippen LogP contribution in [-0.4, -0.2) is 24.7 Å². The van der Waals surface area contributed by atoms with Gasteiger partial charge >= 0.3 is 0 Å². The molecule has 0 spiro atoms. The molecular weight excluding hydrogens is 190 g/mol. The van der Waals surface area contributed by atoms with Crippen LogP contribution in [0.1, 0.15) is 10.5 Å². The number of carbonyl (C=O) groups is 1. The number of amides is 1. The second-order valence-corrected chi connectivity index (χ2v) is 3.61. The lowest BCUT2D eigenvalue weighted by molar-refractivity contribution is 0.0992. The largest absolute Gasteiger partial charge is 0.364 e. The smallest absolute Gasteiger partial charge is 0.267 e. The van der Waals surface area contributed by atoms with Gasteiger partial charge in [0, 0.05) is 19.5 Å². The predicted octanol–water partition coefficient (Wildman–Crippen LogP) is 0.938. The molecule has 15 heavy (non-hydrogen) atoms. The van der Waals surface area contributed by atoms with E-state index in [2.05, 4.69) is 0 Å². The summed E-state index contributed by atoms with van der Waals surface area (Å²) in [6.45, 7) is 0. The summed E-state index contributed by atoms with van der Waals surface area (Å²) >= 11 is 0. The van der Waals surface area contributed by atoms with Crippen molar-refractivity contribution in [3.8, 4) is 0 Å². The van der Waals surface area contributed by atoms with E-state index >= 15 is 0 Å². The van der Waals surface area contributed by atoms with Crippen molar-refractivity contribution in [1.82, 2.24) is 4.68 Å².